The number of rotatable bonds is 4. The van der Waals surface area contributed by atoms with Crippen molar-refractivity contribution >= 4 is 5.78 Å². The molecule has 1 unspecified atom stereocenters. The Kier molecular flexibility index (Phi) is 4.91. The fourth-order valence-corrected chi connectivity index (χ4v) is 0.870. The molecule has 0 radical (unpaired) electrons. The molecule has 0 aromatic carbocycles. The van der Waals surface area contributed by atoms with Gasteiger partial charge in [0.2, 0.25) is 0 Å². The average molecular weight is 140 g/mol. The van der Waals surface area contributed by atoms with E-state index >= 15 is 0 Å². The topological polar surface area (TPSA) is 17.1 Å². The van der Waals surface area contributed by atoms with E-state index in [0.29, 0.717) is 12.2 Å². The molecule has 58 valence electrons. The molecule has 0 bridgehead atoms. The van der Waals surface area contributed by atoms with Gasteiger partial charge in [-0.1, -0.05) is 26.0 Å². The number of Topliss-reactive ketones (excluding diaryl/α,β-unsaturated/α-hetero) is 1. The van der Waals surface area contributed by atoms with Crippen LogP contribution in [0, 0.1) is 5.92 Å². The van der Waals surface area contributed by atoms with E-state index in [4.69, 9.17) is 0 Å². The highest BCUT2D eigenvalue weighted by Gasteiger charge is 2.06. The van der Waals surface area contributed by atoms with Crippen molar-refractivity contribution in [1.82, 2.24) is 0 Å². The quantitative estimate of drug-likeness (QED) is 0.548. The summed E-state index contributed by atoms with van der Waals surface area (Å²) in [5, 5.41) is 0. The predicted molar refractivity (Wildman–Crippen MR) is 43.9 cm³/mol. The Morgan fingerprint density at radius 2 is 2.20 bits per heavy atom. The van der Waals surface area contributed by atoms with Crippen molar-refractivity contribution in [3.05, 3.63) is 12.2 Å². The molecule has 0 N–H and O–H groups in total. The molecule has 0 spiro atoms. The minimum atomic E-state index is 0.116. The molecule has 0 fully saturated rings. The molecule has 0 rings (SSSR count). The zero-order valence-corrected chi connectivity index (χ0v) is 7.05. The molecule has 0 heterocycles. The smallest absolute Gasteiger partial charge is 0.139 e. The first kappa shape index (κ1) is 9.41. The van der Waals surface area contributed by atoms with Crippen molar-refractivity contribution in [2.45, 2.75) is 33.6 Å². The molecular weight excluding hydrogens is 124 g/mol. The molecule has 0 saturated carbocycles. The van der Waals surface area contributed by atoms with E-state index in [1.807, 2.05) is 32.9 Å². The van der Waals surface area contributed by atoms with Gasteiger partial charge in [-0.3, -0.25) is 4.79 Å². The first-order valence-electron chi connectivity index (χ1n) is 3.87. The minimum Gasteiger partial charge on any atom is -0.299 e. The lowest BCUT2D eigenvalue weighted by molar-refractivity contribution is -0.121. The average Bonchev–Trinajstić information content (AvgIpc) is 1.89. The highest BCUT2D eigenvalue weighted by atomic mass is 16.1. The Hall–Kier alpha value is -0.590. The van der Waals surface area contributed by atoms with E-state index < -0.39 is 0 Å². The van der Waals surface area contributed by atoms with Crippen LogP contribution in [-0.4, -0.2) is 5.78 Å². The molecule has 0 aliphatic rings. The fraction of sp³-hybridized carbons (Fsp3) is 0.667. The van der Waals surface area contributed by atoms with E-state index in [1.54, 1.807) is 0 Å². The predicted octanol–water partition coefficient (Wildman–Crippen LogP) is 2.57. The van der Waals surface area contributed by atoms with Gasteiger partial charge in [-0.15, -0.1) is 0 Å². The normalized spacial score (nSPS) is 13.9. The zero-order valence-electron chi connectivity index (χ0n) is 7.05. The summed E-state index contributed by atoms with van der Waals surface area (Å²) in [4.78, 5) is 11.1. The lowest BCUT2D eigenvalue weighted by Gasteiger charge is -2.01. The third-order valence-electron chi connectivity index (χ3n) is 1.49. The molecule has 1 atom stereocenters. The van der Waals surface area contributed by atoms with Crippen LogP contribution in [0.4, 0.5) is 0 Å². The highest BCUT2D eigenvalue weighted by Crippen LogP contribution is 2.03. The van der Waals surface area contributed by atoms with Gasteiger partial charge < -0.3 is 0 Å². The maximum Gasteiger partial charge on any atom is 0.139 e. The summed E-state index contributed by atoms with van der Waals surface area (Å²) in [5.41, 5.74) is 0. The lowest BCUT2D eigenvalue weighted by Crippen LogP contribution is -2.06. The first-order chi connectivity index (χ1) is 4.72. The van der Waals surface area contributed by atoms with Crippen LogP contribution in [0.15, 0.2) is 12.2 Å². The number of carbonyl (C=O) groups is 1. The minimum absolute atomic E-state index is 0.116. The molecule has 0 amide bonds. The molecule has 0 aliphatic carbocycles. The van der Waals surface area contributed by atoms with Gasteiger partial charge in [-0.2, -0.15) is 0 Å². The van der Waals surface area contributed by atoms with E-state index in [0.717, 1.165) is 6.42 Å². The summed E-state index contributed by atoms with van der Waals surface area (Å²) >= 11 is 0. The summed E-state index contributed by atoms with van der Waals surface area (Å²) in [6, 6.07) is 0. The van der Waals surface area contributed by atoms with Crippen LogP contribution in [0.3, 0.4) is 0 Å². The van der Waals surface area contributed by atoms with Crippen LogP contribution in [0.5, 0.6) is 0 Å². The molecule has 0 aliphatic heterocycles. The maximum atomic E-state index is 11.1. The first-order valence-corrected chi connectivity index (χ1v) is 3.87. The van der Waals surface area contributed by atoms with Gasteiger partial charge in [0.05, 0.1) is 0 Å². The van der Waals surface area contributed by atoms with E-state index in [-0.39, 0.29) is 5.92 Å². The molecule has 1 heteroatoms. The SMILES string of the molecule is CC=CC(C)C(=O)CCC. The van der Waals surface area contributed by atoms with E-state index in [2.05, 4.69) is 0 Å². The van der Waals surface area contributed by atoms with Gasteiger partial charge in [0.25, 0.3) is 0 Å². The molecule has 0 aromatic rings. The summed E-state index contributed by atoms with van der Waals surface area (Å²) in [6.45, 7) is 5.91. The number of allylic oxidation sites excluding steroid dienone is 2. The lowest BCUT2D eigenvalue weighted by atomic mass is 10.0. The van der Waals surface area contributed by atoms with Crippen LogP contribution in [-0.2, 0) is 4.79 Å². The van der Waals surface area contributed by atoms with Crippen LogP contribution >= 0.6 is 0 Å². The highest BCUT2D eigenvalue weighted by molar-refractivity contribution is 5.82. The Balaban J connectivity index is 3.70. The number of ketones is 1. The number of carbonyl (C=O) groups excluding carboxylic acids is 1. The number of hydrogen-bond acceptors (Lipinski definition) is 1. The second-order valence-corrected chi connectivity index (χ2v) is 2.53. The summed E-state index contributed by atoms with van der Waals surface area (Å²) in [6.07, 6.45) is 5.54. The zero-order chi connectivity index (χ0) is 7.98. The Morgan fingerprint density at radius 1 is 1.60 bits per heavy atom. The molecule has 0 saturated heterocycles. The monoisotopic (exact) mass is 140 g/mol. The van der Waals surface area contributed by atoms with Gasteiger partial charge in [-0.25, -0.2) is 0 Å². The second-order valence-electron chi connectivity index (χ2n) is 2.53. The van der Waals surface area contributed by atoms with Crippen molar-refractivity contribution in [2.24, 2.45) is 5.92 Å². The van der Waals surface area contributed by atoms with Gasteiger partial charge in [0.1, 0.15) is 5.78 Å². The molecule has 10 heavy (non-hydrogen) atoms. The molecular formula is C9H16O. The molecule has 0 aromatic heterocycles. The van der Waals surface area contributed by atoms with Gasteiger partial charge in [0.15, 0.2) is 0 Å². The van der Waals surface area contributed by atoms with E-state index in [9.17, 15) is 4.79 Å². The maximum absolute atomic E-state index is 11.1. The van der Waals surface area contributed by atoms with E-state index in [1.165, 1.54) is 0 Å². The van der Waals surface area contributed by atoms with Crippen molar-refractivity contribution in [3.8, 4) is 0 Å². The number of hydrogen-bond donors (Lipinski definition) is 0. The Bertz CT molecular complexity index is 125. The summed E-state index contributed by atoms with van der Waals surface area (Å²) in [5.74, 6) is 0.463. The fourth-order valence-electron chi connectivity index (χ4n) is 0.870. The third-order valence-corrected chi connectivity index (χ3v) is 1.49. The van der Waals surface area contributed by atoms with Crippen LogP contribution in [0.2, 0.25) is 0 Å². The Morgan fingerprint density at radius 3 is 2.60 bits per heavy atom. The van der Waals surface area contributed by atoms with Gasteiger partial charge in [-0.05, 0) is 13.3 Å². The van der Waals surface area contributed by atoms with Crippen LogP contribution < -0.4 is 0 Å². The molecule has 1 nitrogen and oxygen atoms in total. The largest absolute Gasteiger partial charge is 0.299 e. The van der Waals surface area contributed by atoms with Crippen molar-refractivity contribution in [1.29, 1.82) is 0 Å². The third kappa shape index (κ3) is 3.44. The summed E-state index contributed by atoms with van der Waals surface area (Å²) < 4.78 is 0. The van der Waals surface area contributed by atoms with Crippen molar-refractivity contribution in [2.75, 3.05) is 0 Å². The Labute approximate surface area is 63.1 Å². The second kappa shape index (κ2) is 5.21. The van der Waals surface area contributed by atoms with Gasteiger partial charge >= 0.3 is 0 Å². The summed E-state index contributed by atoms with van der Waals surface area (Å²) in [7, 11) is 0. The van der Waals surface area contributed by atoms with Crippen LogP contribution in [0.1, 0.15) is 33.6 Å². The van der Waals surface area contributed by atoms with Crippen molar-refractivity contribution in [3.63, 3.8) is 0 Å². The van der Waals surface area contributed by atoms with Crippen LogP contribution in [0.25, 0.3) is 0 Å². The van der Waals surface area contributed by atoms with Crippen molar-refractivity contribution < 1.29 is 4.79 Å². The van der Waals surface area contributed by atoms with Gasteiger partial charge in [0, 0.05) is 12.3 Å². The standard InChI is InChI=1S/C9H16O/c1-4-6-8(3)9(10)7-5-2/h4,6,8H,5,7H2,1-3H3.